The van der Waals surface area contributed by atoms with Crippen LogP contribution < -0.4 is 0 Å². The van der Waals surface area contributed by atoms with Gasteiger partial charge in [-0.3, -0.25) is 4.79 Å². The molecule has 0 heterocycles. The first-order valence-corrected chi connectivity index (χ1v) is 8.52. The maximum Gasteiger partial charge on any atom is 0.175 e. The average Bonchev–Trinajstić information content (AvgIpc) is 2.47. The maximum absolute atomic E-state index is 12.5. The lowest BCUT2D eigenvalue weighted by atomic mass is 9.95. The molecule has 0 amide bonds. The van der Waals surface area contributed by atoms with Gasteiger partial charge in [-0.2, -0.15) is 12.6 Å². The molecule has 1 aromatic rings. The summed E-state index contributed by atoms with van der Waals surface area (Å²) in [5.74, 6) is 0.205. The fourth-order valence-corrected chi connectivity index (χ4v) is 2.76. The number of rotatable bonds is 10. The summed E-state index contributed by atoms with van der Waals surface area (Å²) < 4.78 is 0. The van der Waals surface area contributed by atoms with E-state index in [9.17, 15) is 4.79 Å². The molecular weight excluding hydrogens is 264 g/mol. The minimum absolute atomic E-state index is 0.145. The van der Waals surface area contributed by atoms with Crippen LogP contribution in [0, 0.1) is 0 Å². The third-order valence-corrected chi connectivity index (χ3v) is 4.21. The Morgan fingerprint density at radius 2 is 1.70 bits per heavy atom. The molecule has 0 aliphatic rings. The van der Waals surface area contributed by atoms with Crippen molar-refractivity contribution < 1.29 is 4.79 Å². The van der Waals surface area contributed by atoms with E-state index in [4.69, 9.17) is 0 Å². The molecule has 0 bridgehead atoms. The van der Waals surface area contributed by atoms with Crippen LogP contribution in [0.1, 0.15) is 74.7 Å². The number of thiol groups is 1. The highest BCUT2D eigenvalue weighted by molar-refractivity contribution is 7.81. The molecule has 1 nitrogen and oxygen atoms in total. The standard InChI is InChI=1S/C18H28OS/c1-3-5-7-11-15-12-9-10-13-16(15)18(19)17(20)14-8-6-4-2/h9-10,12-13,17,20H,3-8,11,14H2,1-2H3. The van der Waals surface area contributed by atoms with E-state index < -0.39 is 0 Å². The van der Waals surface area contributed by atoms with Crippen LogP contribution in [-0.4, -0.2) is 11.0 Å². The van der Waals surface area contributed by atoms with Crippen molar-refractivity contribution in [2.75, 3.05) is 0 Å². The minimum Gasteiger partial charge on any atom is -0.293 e. The van der Waals surface area contributed by atoms with Gasteiger partial charge in [0.15, 0.2) is 5.78 Å². The van der Waals surface area contributed by atoms with E-state index in [1.807, 2.05) is 18.2 Å². The van der Waals surface area contributed by atoms with Crippen LogP contribution in [0.3, 0.4) is 0 Å². The molecule has 0 aliphatic carbocycles. The quantitative estimate of drug-likeness (QED) is 0.343. The number of benzene rings is 1. The molecular formula is C18H28OS. The Hall–Kier alpha value is -0.760. The number of unbranched alkanes of at least 4 members (excludes halogenated alkanes) is 4. The normalized spacial score (nSPS) is 12.3. The summed E-state index contributed by atoms with van der Waals surface area (Å²) >= 11 is 4.52. The van der Waals surface area contributed by atoms with Crippen LogP contribution in [0.5, 0.6) is 0 Å². The predicted molar refractivity (Wildman–Crippen MR) is 90.9 cm³/mol. The third-order valence-electron chi connectivity index (χ3n) is 3.72. The second-order valence-electron chi connectivity index (χ2n) is 5.49. The van der Waals surface area contributed by atoms with E-state index in [0.717, 1.165) is 31.2 Å². The van der Waals surface area contributed by atoms with Crippen molar-refractivity contribution in [3.8, 4) is 0 Å². The molecule has 0 saturated carbocycles. The zero-order valence-corrected chi connectivity index (χ0v) is 13.8. The molecule has 1 atom stereocenters. The van der Waals surface area contributed by atoms with Crippen LogP contribution in [0.25, 0.3) is 0 Å². The Morgan fingerprint density at radius 3 is 2.40 bits per heavy atom. The second kappa shape index (κ2) is 10.0. The molecule has 2 heteroatoms. The summed E-state index contributed by atoms with van der Waals surface area (Å²) in [4.78, 5) is 12.5. The van der Waals surface area contributed by atoms with Gasteiger partial charge in [0.2, 0.25) is 0 Å². The molecule has 0 radical (unpaired) electrons. The van der Waals surface area contributed by atoms with E-state index in [1.165, 1.54) is 31.2 Å². The van der Waals surface area contributed by atoms with Crippen molar-refractivity contribution in [2.24, 2.45) is 0 Å². The molecule has 1 rings (SSSR count). The van der Waals surface area contributed by atoms with E-state index in [-0.39, 0.29) is 11.0 Å². The van der Waals surface area contributed by atoms with Crippen molar-refractivity contribution in [3.05, 3.63) is 35.4 Å². The molecule has 0 aromatic heterocycles. The predicted octanol–water partition coefficient (Wildman–Crippen LogP) is 5.48. The number of aryl methyl sites for hydroxylation is 1. The van der Waals surface area contributed by atoms with Crippen LogP contribution in [0.2, 0.25) is 0 Å². The molecule has 0 fully saturated rings. The molecule has 112 valence electrons. The Balaban J connectivity index is 2.66. The smallest absolute Gasteiger partial charge is 0.175 e. The van der Waals surface area contributed by atoms with Gasteiger partial charge in [-0.15, -0.1) is 0 Å². The number of Topliss-reactive ketones (excluding diaryl/α,β-unsaturated/α-hetero) is 1. The molecule has 20 heavy (non-hydrogen) atoms. The first-order chi connectivity index (χ1) is 9.70. The molecule has 1 unspecified atom stereocenters. The van der Waals surface area contributed by atoms with Crippen molar-refractivity contribution >= 4 is 18.4 Å². The number of carbonyl (C=O) groups is 1. The SMILES string of the molecule is CCCCCc1ccccc1C(=O)C(S)CCCCC. The van der Waals surface area contributed by atoms with Gasteiger partial charge in [-0.25, -0.2) is 0 Å². The van der Waals surface area contributed by atoms with Gasteiger partial charge in [-0.05, 0) is 24.8 Å². The first kappa shape index (κ1) is 17.3. The van der Waals surface area contributed by atoms with Gasteiger partial charge < -0.3 is 0 Å². The summed E-state index contributed by atoms with van der Waals surface area (Å²) in [6.45, 7) is 4.38. The zero-order valence-electron chi connectivity index (χ0n) is 12.9. The Kier molecular flexibility index (Phi) is 8.68. The Labute approximate surface area is 129 Å². The Morgan fingerprint density at radius 1 is 1.05 bits per heavy atom. The van der Waals surface area contributed by atoms with Crippen molar-refractivity contribution in [1.82, 2.24) is 0 Å². The molecule has 1 aromatic carbocycles. The monoisotopic (exact) mass is 292 g/mol. The first-order valence-electron chi connectivity index (χ1n) is 8.00. The highest BCUT2D eigenvalue weighted by atomic mass is 32.1. The lowest BCUT2D eigenvalue weighted by Crippen LogP contribution is -2.16. The highest BCUT2D eigenvalue weighted by Gasteiger charge is 2.18. The van der Waals surface area contributed by atoms with Gasteiger partial charge in [0.25, 0.3) is 0 Å². The summed E-state index contributed by atoms with van der Waals surface area (Å²) in [7, 11) is 0. The van der Waals surface area contributed by atoms with Gasteiger partial charge in [0, 0.05) is 5.56 Å². The summed E-state index contributed by atoms with van der Waals surface area (Å²) in [5, 5.41) is -0.145. The van der Waals surface area contributed by atoms with Crippen LogP contribution in [0.4, 0.5) is 0 Å². The van der Waals surface area contributed by atoms with E-state index in [1.54, 1.807) is 0 Å². The van der Waals surface area contributed by atoms with Crippen LogP contribution >= 0.6 is 12.6 Å². The van der Waals surface area contributed by atoms with Crippen molar-refractivity contribution in [1.29, 1.82) is 0 Å². The van der Waals surface area contributed by atoms with E-state index in [2.05, 4.69) is 32.5 Å². The van der Waals surface area contributed by atoms with Gasteiger partial charge in [-0.1, -0.05) is 70.2 Å². The summed E-state index contributed by atoms with van der Waals surface area (Å²) in [6, 6.07) is 8.05. The third kappa shape index (κ3) is 5.70. The molecule has 0 spiro atoms. The zero-order chi connectivity index (χ0) is 14.8. The maximum atomic E-state index is 12.5. The molecule has 0 saturated heterocycles. The lowest BCUT2D eigenvalue weighted by Gasteiger charge is -2.13. The fourth-order valence-electron chi connectivity index (χ4n) is 2.44. The largest absolute Gasteiger partial charge is 0.293 e. The summed E-state index contributed by atoms with van der Waals surface area (Å²) in [6.07, 6.45) is 8.95. The van der Waals surface area contributed by atoms with Gasteiger partial charge in [0.05, 0.1) is 5.25 Å². The van der Waals surface area contributed by atoms with Crippen LogP contribution in [-0.2, 0) is 6.42 Å². The van der Waals surface area contributed by atoms with E-state index in [0.29, 0.717) is 0 Å². The number of hydrogen-bond acceptors (Lipinski definition) is 2. The highest BCUT2D eigenvalue weighted by Crippen LogP contribution is 2.19. The Bertz CT molecular complexity index is 400. The topological polar surface area (TPSA) is 17.1 Å². The van der Waals surface area contributed by atoms with Gasteiger partial charge in [0.1, 0.15) is 0 Å². The lowest BCUT2D eigenvalue weighted by molar-refractivity contribution is 0.0985. The van der Waals surface area contributed by atoms with E-state index >= 15 is 0 Å². The molecule has 0 N–H and O–H groups in total. The van der Waals surface area contributed by atoms with Crippen molar-refractivity contribution in [3.63, 3.8) is 0 Å². The fraction of sp³-hybridized carbons (Fsp3) is 0.611. The minimum atomic E-state index is -0.145. The second-order valence-corrected chi connectivity index (χ2v) is 6.11. The number of hydrogen-bond donors (Lipinski definition) is 1. The van der Waals surface area contributed by atoms with Gasteiger partial charge >= 0.3 is 0 Å². The number of carbonyl (C=O) groups excluding carboxylic acids is 1. The number of ketones is 1. The van der Waals surface area contributed by atoms with Crippen molar-refractivity contribution in [2.45, 2.75) is 70.5 Å². The van der Waals surface area contributed by atoms with Crippen LogP contribution in [0.15, 0.2) is 24.3 Å². The summed E-state index contributed by atoms with van der Waals surface area (Å²) in [5.41, 5.74) is 2.08. The molecule has 0 aliphatic heterocycles. The average molecular weight is 292 g/mol.